The highest BCUT2D eigenvalue weighted by Crippen LogP contribution is 2.02. The maximum absolute atomic E-state index is 12.2. The normalized spacial score (nSPS) is 10.8. The maximum Gasteiger partial charge on any atom is 0.255 e. The Balaban J connectivity index is 2.41. The summed E-state index contributed by atoms with van der Waals surface area (Å²) in [7, 11) is 0. The molecular formula is C9H14F2N4O2. The summed E-state index contributed by atoms with van der Waals surface area (Å²) in [6.45, 7) is -0.789. The van der Waals surface area contributed by atoms with Gasteiger partial charge in [-0.1, -0.05) is 5.21 Å². The van der Waals surface area contributed by atoms with E-state index in [1.165, 1.54) is 10.9 Å². The van der Waals surface area contributed by atoms with Gasteiger partial charge in [-0.05, 0) is 0 Å². The molecule has 1 heterocycles. The molecule has 0 aliphatic carbocycles. The van der Waals surface area contributed by atoms with Crippen molar-refractivity contribution < 1.29 is 18.7 Å². The zero-order valence-electron chi connectivity index (χ0n) is 9.17. The molecule has 1 amide bonds. The van der Waals surface area contributed by atoms with Crippen LogP contribution in [0.2, 0.25) is 0 Å². The highest BCUT2D eigenvalue weighted by Gasteiger charge is 2.17. The second-order valence-electron chi connectivity index (χ2n) is 3.37. The van der Waals surface area contributed by atoms with E-state index >= 15 is 0 Å². The van der Waals surface area contributed by atoms with Crippen LogP contribution in [0, 0.1) is 0 Å². The molecule has 0 spiro atoms. The topological polar surface area (TPSA) is 71.2 Å². The number of hydrogen-bond donors (Lipinski definition) is 1. The Labute approximate surface area is 96.8 Å². The second kappa shape index (κ2) is 6.89. The number of halogens is 2. The minimum Gasteiger partial charge on any atom is -0.395 e. The monoisotopic (exact) mass is 248 g/mol. The lowest BCUT2D eigenvalue weighted by atomic mass is 10.3. The van der Waals surface area contributed by atoms with E-state index in [1.54, 1.807) is 6.20 Å². The molecule has 0 bridgehead atoms. The van der Waals surface area contributed by atoms with Gasteiger partial charge in [0, 0.05) is 19.2 Å². The van der Waals surface area contributed by atoms with E-state index in [0.29, 0.717) is 0 Å². The van der Waals surface area contributed by atoms with E-state index < -0.39 is 18.9 Å². The van der Waals surface area contributed by atoms with Crippen LogP contribution in [0.4, 0.5) is 8.78 Å². The Hall–Kier alpha value is -1.57. The summed E-state index contributed by atoms with van der Waals surface area (Å²) < 4.78 is 25.8. The van der Waals surface area contributed by atoms with Crippen molar-refractivity contribution in [3.05, 3.63) is 12.4 Å². The molecule has 1 aromatic rings. The zero-order valence-corrected chi connectivity index (χ0v) is 9.17. The fraction of sp³-hybridized carbons (Fsp3) is 0.667. The fourth-order valence-corrected chi connectivity index (χ4v) is 1.33. The van der Waals surface area contributed by atoms with Crippen molar-refractivity contribution in [3.8, 4) is 0 Å². The average molecular weight is 248 g/mol. The molecular weight excluding hydrogens is 234 g/mol. The van der Waals surface area contributed by atoms with Crippen LogP contribution in [0.3, 0.4) is 0 Å². The predicted molar refractivity (Wildman–Crippen MR) is 54.3 cm³/mol. The van der Waals surface area contributed by atoms with Crippen LogP contribution >= 0.6 is 0 Å². The third-order valence-corrected chi connectivity index (χ3v) is 2.11. The molecule has 8 heteroatoms. The van der Waals surface area contributed by atoms with Gasteiger partial charge in [0.25, 0.3) is 6.43 Å². The number of carbonyl (C=O) groups excluding carboxylic acids is 1. The number of alkyl halides is 2. The van der Waals surface area contributed by atoms with Crippen molar-refractivity contribution in [2.75, 3.05) is 19.7 Å². The smallest absolute Gasteiger partial charge is 0.255 e. The second-order valence-corrected chi connectivity index (χ2v) is 3.37. The highest BCUT2D eigenvalue weighted by molar-refractivity contribution is 5.76. The van der Waals surface area contributed by atoms with Gasteiger partial charge in [-0.3, -0.25) is 9.48 Å². The molecule has 0 saturated heterocycles. The Morgan fingerprint density at radius 3 is 2.82 bits per heavy atom. The van der Waals surface area contributed by atoms with Crippen LogP contribution in [0.1, 0.15) is 6.42 Å². The Morgan fingerprint density at radius 2 is 2.29 bits per heavy atom. The molecule has 1 rings (SSSR count). The van der Waals surface area contributed by atoms with E-state index in [-0.39, 0.29) is 26.1 Å². The summed E-state index contributed by atoms with van der Waals surface area (Å²) in [5, 5.41) is 15.9. The number of rotatable bonds is 7. The van der Waals surface area contributed by atoms with Crippen LogP contribution in [-0.2, 0) is 11.3 Å². The Kier molecular flexibility index (Phi) is 5.47. The number of nitrogens with zero attached hydrogens (tertiary/aromatic N) is 4. The third kappa shape index (κ3) is 4.85. The number of aliphatic hydroxyl groups excluding tert-OH is 1. The summed E-state index contributed by atoms with van der Waals surface area (Å²) in [6, 6.07) is 0. The van der Waals surface area contributed by atoms with Gasteiger partial charge >= 0.3 is 0 Å². The van der Waals surface area contributed by atoms with Gasteiger partial charge in [0.05, 0.1) is 25.9 Å². The lowest BCUT2D eigenvalue weighted by molar-refractivity contribution is -0.134. The minimum atomic E-state index is -2.60. The summed E-state index contributed by atoms with van der Waals surface area (Å²) in [5.41, 5.74) is 0. The lowest BCUT2D eigenvalue weighted by Crippen LogP contribution is -2.37. The van der Waals surface area contributed by atoms with E-state index in [9.17, 15) is 13.6 Å². The average Bonchev–Trinajstić information content (AvgIpc) is 2.77. The number of amides is 1. The number of aryl methyl sites for hydroxylation is 1. The molecule has 17 heavy (non-hydrogen) atoms. The van der Waals surface area contributed by atoms with Gasteiger partial charge < -0.3 is 10.0 Å². The molecule has 0 aliphatic rings. The van der Waals surface area contributed by atoms with Gasteiger partial charge in [0.2, 0.25) is 5.91 Å². The number of carbonyl (C=O) groups is 1. The van der Waals surface area contributed by atoms with Crippen molar-refractivity contribution in [3.63, 3.8) is 0 Å². The van der Waals surface area contributed by atoms with Crippen molar-refractivity contribution >= 4 is 5.91 Å². The minimum absolute atomic E-state index is 0.0517. The highest BCUT2D eigenvalue weighted by atomic mass is 19.3. The molecule has 0 fully saturated rings. The standard InChI is InChI=1S/C9H14F2N4O2/c10-8(11)7-14(5-6-16)9(17)1-3-15-4-2-12-13-15/h2,4,8,16H,1,3,5-7H2. The van der Waals surface area contributed by atoms with Crippen molar-refractivity contribution in [1.29, 1.82) is 0 Å². The molecule has 1 N–H and O–H groups in total. The van der Waals surface area contributed by atoms with E-state index in [2.05, 4.69) is 10.3 Å². The first-order valence-electron chi connectivity index (χ1n) is 5.14. The van der Waals surface area contributed by atoms with Crippen LogP contribution in [-0.4, -0.2) is 57.0 Å². The Bertz CT molecular complexity index is 332. The number of aliphatic hydroxyl groups is 1. The van der Waals surface area contributed by atoms with Crippen LogP contribution < -0.4 is 0 Å². The van der Waals surface area contributed by atoms with E-state index in [4.69, 9.17) is 5.11 Å². The van der Waals surface area contributed by atoms with Crippen molar-refractivity contribution in [2.45, 2.75) is 19.4 Å². The lowest BCUT2D eigenvalue weighted by Gasteiger charge is -2.21. The summed E-state index contributed by atoms with van der Waals surface area (Å²) in [6.07, 6.45) is 0.499. The van der Waals surface area contributed by atoms with Gasteiger partial charge in [-0.25, -0.2) is 8.78 Å². The number of aromatic nitrogens is 3. The van der Waals surface area contributed by atoms with E-state index in [1.807, 2.05) is 0 Å². The van der Waals surface area contributed by atoms with Gasteiger partial charge in [0.1, 0.15) is 0 Å². The largest absolute Gasteiger partial charge is 0.395 e. The van der Waals surface area contributed by atoms with Crippen molar-refractivity contribution in [1.82, 2.24) is 19.9 Å². The molecule has 0 radical (unpaired) electrons. The SMILES string of the molecule is O=C(CCn1ccnn1)N(CCO)CC(F)F. The molecule has 0 aromatic carbocycles. The first-order chi connectivity index (χ1) is 8.13. The molecule has 0 aliphatic heterocycles. The van der Waals surface area contributed by atoms with Gasteiger partial charge in [0.15, 0.2) is 0 Å². The summed E-state index contributed by atoms with van der Waals surface area (Å²) in [5.74, 6) is -0.435. The molecule has 0 atom stereocenters. The third-order valence-electron chi connectivity index (χ3n) is 2.11. The van der Waals surface area contributed by atoms with Crippen LogP contribution in [0.25, 0.3) is 0 Å². The first kappa shape index (κ1) is 13.5. The van der Waals surface area contributed by atoms with Crippen molar-refractivity contribution in [2.24, 2.45) is 0 Å². The predicted octanol–water partition coefficient (Wildman–Crippen LogP) is -0.246. The number of hydrogen-bond acceptors (Lipinski definition) is 4. The summed E-state index contributed by atoms with van der Waals surface area (Å²) >= 11 is 0. The van der Waals surface area contributed by atoms with Crippen LogP contribution in [0.5, 0.6) is 0 Å². The Morgan fingerprint density at radius 1 is 1.53 bits per heavy atom. The zero-order chi connectivity index (χ0) is 12.7. The molecule has 96 valence electrons. The van der Waals surface area contributed by atoms with E-state index in [0.717, 1.165) is 4.90 Å². The molecule has 1 aromatic heterocycles. The molecule has 0 unspecified atom stereocenters. The fourth-order valence-electron chi connectivity index (χ4n) is 1.33. The summed E-state index contributed by atoms with van der Waals surface area (Å²) in [4.78, 5) is 12.5. The molecule has 0 saturated carbocycles. The first-order valence-corrected chi connectivity index (χ1v) is 5.14. The van der Waals surface area contributed by atoms with Gasteiger partial charge in [-0.15, -0.1) is 5.10 Å². The van der Waals surface area contributed by atoms with Crippen LogP contribution in [0.15, 0.2) is 12.4 Å². The quantitative estimate of drug-likeness (QED) is 0.722. The van der Waals surface area contributed by atoms with Gasteiger partial charge in [-0.2, -0.15) is 0 Å². The maximum atomic E-state index is 12.2. The molecule has 6 nitrogen and oxygen atoms in total.